The van der Waals surface area contributed by atoms with Crippen LogP contribution in [-0.2, 0) is 6.54 Å². The molecule has 0 amide bonds. The minimum absolute atomic E-state index is 0.191. The van der Waals surface area contributed by atoms with Crippen LogP contribution in [0.2, 0.25) is 0 Å². The lowest BCUT2D eigenvalue weighted by atomic mass is 10.1. The highest BCUT2D eigenvalue weighted by molar-refractivity contribution is 5.81. The Kier molecular flexibility index (Phi) is 4.44. The van der Waals surface area contributed by atoms with E-state index < -0.39 is 0 Å². The summed E-state index contributed by atoms with van der Waals surface area (Å²) in [7, 11) is 1.59. The molecule has 4 heteroatoms. The summed E-state index contributed by atoms with van der Waals surface area (Å²) in [6, 6.07) is 17.5. The van der Waals surface area contributed by atoms with Crippen molar-refractivity contribution in [2.45, 2.75) is 19.5 Å². The molecule has 0 bridgehead atoms. The van der Waals surface area contributed by atoms with E-state index in [1.54, 1.807) is 19.2 Å². The molecule has 0 aliphatic heterocycles. The lowest BCUT2D eigenvalue weighted by molar-refractivity contribution is 0.414. The molecule has 0 spiro atoms. The summed E-state index contributed by atoms with van der Waals surface area (Å²) >= 11 is 0. The van der Waals surface area contributed by atoms with E-state index >= 15 is 0 Å². The Morgan fingerprint density at radius 2 is 1.91 bits per heavy atom. The van der Waals surface area contributed by atoms with E-state index in [9.17, 15) is 4.79 Å². The molecule has 0 aliphatic rings. The van der Waals surface area contributed by atoms with Crippen LogP contribution < -0.4 is 15.7 Å². The van der Waals surface area contributed by atoms with Crippen LogP contribution in [0, 0.1) is 0 Å². The number of nitrogens with one attached hydrogen (secondary N) is 1. The van der Waals surface area contributed by atoms with Crippen LogP contribution in [0.15, 0.2) is 63.8 Å². The highest BCUT2D eigenvalue weighted by Gasteiger charge is 2.09. The summed E-state index contributed by atoms with van der Waals surface area (Å²) in [6.45, 7) is 2.69. The zero-order valence-corrected chi connectivity index (χ0v) is 13.2. The first-order valence-corrected chi connectivity index (χ1v) is 7.56. The van der Waals surface area contributed by atoms with Gasteiger partial charge < -0.3 is 14.5 Å². The zero-order valence-electron chi connectivity index (χ0n) is 13.2. The van der Waals surface area contributed by atoms with Crippen molar-refractivity contribution < 1.29 is 9.15 Å². The Balaban J connectivity index is 1.86. The summed E-state index contributed by atoms with van der Waals surface area (Å²) < 4.78 is 10.5. The fourth-order valence-electron chi connectivity index (χ4n) is 2.61. The number of hydrogen-bond donors (Lipinski definition) is 1. The maximum absolute atomic E-state index is 11.8. The molecule has 1 atom stereocenters. The molecule has 0 radical (unpaired) electrons. The van der Waals surface area contributed by atoms with Crippen LogP contribution in [0.1, 0.15) is 24.1 Å². The molecule has 1 N–H and O–H groups in total. The lowest BCUT2D eigenvalue weighted by Crippen LogP contribution is -2.19. The van der Waals surface area contributed by atoms with Crippen molar-refractivity contribution in [3.8, 4) is 5.75 Å². The summed E-state index contributed by atoms with van der Waals surface area (Å²) in [4.78, 5) is 11.8. The van der Waals surface area contributed by atoms with Gasteiger partial charge in [-0.15, -0.1) is 0 Å². The number of ether oxygens (including phenoxy) is 1. The van der Waals surface area contributed by atoms with Crippen molar-refractivity contribution in [1.29, 1.82) is 0 Å². The van der Waals surface area contributed by atoms with E-state index in [0.29, 0.717) is 17.9 Å². The van der Waals surface area contributed by atoms with Gasteiger partial charge in [-0.3, -0.25) is 0 Å². The van der Waals surface area contributed by atoms with Gasteiger partial charge in [0.2, 0.25) is 0 Å². The smallest absolute Gasteiger partial charge is 0.336 e. The third kappa shape index (κ3) is 3.43. The Morgan fingerprint density at radius 1 is 1.13 bits per heavy atom. The molecule has 4 nitrogen and oxygen atoms in total. The summed E-state index contributed by atoms with van der Waals surface area (Å²) in [5.41, 5.74) is 2.32. The molecule has 3 rings (SSSR count). The Labute approximate surface area is 134 Å². The quantitative estimate of drug-likeness (QED) is 0.731. The van der Waals surface area contributed by atoms with Crippen LogP contribution in [-0.4, -0.2) is 7.11 Å². The summed E-state index contributed by atoms with van der Waals surface area (Å²) in [5, 5.41) is 4.37. The third-order valence-electron chi connectivity index (χ3n) is 3.94. The highest BCUT2D eigenvalue weighted by atomic mass is 16.5. The van der Waals surface area contributed by atoms with Crippen molar-refractivity contribution in [2.75, 3.05) is 7.11 Å². The molecule has 0 aliphatic carbocycles. The summed E-state index contributed by atoms with van der Waals surface area (Å²) in [5.74, 6) is 0.670. The topological polar surface area (TPSA) is 51.5 Å². The fourth-order valence-corrected chi connectivity index (χ4v) is 2.61. The largest absolute Gasteiger partial charge is 0.497 e. The van der Waals surface area contributed by atoms with Gasteiger partial charge in [0.15, 0.2) is 0 Å². The second-order valence-corrected chi connectivity index (χ2v) is 5.47. The van der Waals surface area contributed by atoms with Crippen LogP contribution in [0.25, 0.3) is 11.0 Å². The van der Waals surface area contributed by atoms with E-state index in [2.05, 4.69) is 24.4 Å². The molecule has 1 heterocycles. The Hall–Kier alpha value is -2.59. The van der Waals surface area contributed by atoms with E-state index in [4.69, 9.17) is 9.15 Å². The second-order valence-electron chi connectivity index (χ2n) is 5.47. The Bertz CT molecular complexity index is 855. The van der Waals surface area contributed by atoms with Gasteiger partial charge in [-0.2, -0.15) is 0 Å². The first-order valence-electron chi connectivity index (χ1n) is 7.56. The molecule has 0 unspecified atom stereocenters. The first kappa shape index (κ1) is 15.3. The summed E-state index contributed by atoms with van der Waals surface area (Å²) in [6.07, 6.45) is 0. The standard InChI is InChI=1S/C19H19NO3/c1-13(14-6-4-3-5-7-14)20-12-15-10-19(21)23-18-11-16(22-2)8-9-17(15)18/h3-11,13,20H,12H2,1-2H3/t13-/m0/s1. The van der Waals surface area contributed by atoms with Crippen LogP contribution in [0.5, 0.6) is 5.75 Å². The maximum atomic E-state index is 11.8. The molecule has 1 aromatic heterocycles. The number of benzene rings is 2. The molecule has 0 saturated heterocycles. The predicted molar refractivity (Wildman–Crippen MR) is 90.7 cm³/mol. The zero-order chi connectivity index (χ0) is 16.2. The minimum Gasteiger partial charge on any atom is -0.497 e. The third-order valence-corrected chi connectivity index (χ3v) is 3.94. The van der Waals surface area contributed by atoms with Gasteiger partial charge in [0, 0.05) is 30.1 Å². The fraction of sp³-hybridized carbons (Fsp3) is 0.211. The normalized spacial score (nSPS) is 12.3. The monoisotopic (exact) mass is 309 g/mol. The van der Waals surface area contributed by atoms with Gasteiger partial charge in [-0.1, -0.05) is 30.3 Å². The predicted octanol–water partition coefficient (Wildman–Crippen LogP) is 3.65. The minimum atomic E-state index is -0.352. The molecule has 2 aromatic carbocycles. The van der Waals surface area contributed by atoms with E-state index in [1.165, 1.54) is 5.56 Å². The van der Waals surface area contributed by atoms with Gasteiger partial charge in [0.1, 0.15) is 11.3 Å². The van der Waals surface area contributed by atoms with Crippen LogP contribution >= 0.6 is 0 Å². The van der Waals surface area contributed by atoms with E-state index in [1.807, 2.05) is 30.3 Å². The van der Waals surface area contributed by atoms with Crippen molar-refractivity contribution in [1.82, 2.24) is 5.32 Å². The molecule has 0 fully saturated rings. The van der Waals surface area contributed by atoms with Gasteiger partial charge >= 0.3 is 5.63 Å². The molecule has 23 heavy (non-hydrogen) atoms. The number of hydrogen-bond acceptors (Lipinski definition) is 4. The average molecular weight is 309 g/mol. The Morgan fingerprint density at radius 3 is 2.65 bits per heavy atom. The number of rotatable bonds is 5. The van der Waals surface area contributed by atoms with Crippen LogP contribution in [0.4, 0.5) is 0 Å². The number of fused-ring (bicyclic) bond motifs is 1. The van der Waals surface area contributed by atoms with Gasteiger partial charge in [-0.25, -0.2) is 4.79 Å². The highest BCUT2D eigenvalue weighted by Crippen LogP contribution is 2.23. The molecular weight excluding hydrogens is 290 g/mol. The first-order chi connectivity index (χ1) is 11.2. The van der Waals surface area contributed by atoms with Crippen molar-refractivity contribution in [3.05, 3.63) is 76.1 Å². The van der Waals surface area contributed by atoms with Gasteiger partial charge in [-0.05, 0) is 30.2 Å². The average Bonchev–Trinajstić information content (AvgIpc) is 2.59. The van der Waals surface area contributed by atoms with Crippen molar-refractivity contribution in [3.63, 3.8) is 0 Å². The maximum Gasteiger partial charge on any atom is 0.336 e. The SMILES string of the molecule is COc1ccc2c(CN[C@@H](C)c3ccccc3)cc(=O)oc2c1. The molecule has 3 aromatic rings. The van der Waals surface area contributed by atoms with Crippen LogP contribution in [0.3, 0.4) is 0 Å². The lowest BCUT2D eigenvalue weighted by Gasteiger charge is -2.15. The van der Waals surface area contributed by atoms with E-state index in [-0.39, 0.29) is 11.7 Å². The molecule has 118 valence electrons. The molecule has 0 saturated carbocycles. The number of methoxy groups -OCH3 is 1. The second kappa shape index (κ2) is 6.67. The molecular formula is C19H19NO3. The van der Waals surface area contributed by atoms with Crippen molar-refractivity contribution >= 4 is 11.0 Å². The van der Waals surface area contributed by atoms with E-state index in [0.717, 1.165) is 10.9 Å². The van der Waals surface area contributed by atoms with Crippen molar-refractivity contribution in [2.24, 2.45) is 0 Å². The van der Waals surface area contributed by atoms with Gasteiger partial charge in [0.25, 0.3) is 0 Å². The van der Waals surface area contributed by atoms with Gasteiger partial charge in [0.05, 0.1) is 7.11 Å².